The Hall–Kier alpha value is -3.25. The van der Waals surface area contributed by atoms with Crippen LogP contribution in [0, 0.1) is 35.1 Å². The number of hydrogen-bond acceptors (Lipinski definition) is 2. The van der Waals surface area contributed by atoms with Crippen molar-refractivity contribution in [3.05, 3.63) is 76.6 Å². The Balaban J connectivity index is 1.76. The molecule has 0 aliphatic heterocycles. The van der Waals surface area contributed by atoms with Gasteiger partial charge in [0.2, 0.25) is 5.75 Å². The Morgan fingerprint density at radius 1 is 0.786 bits per heavy atom. The average Bonchev–Trinajstić information content (AvgIpc) is 2.91. The monoisotopic (exact) mass is 616 g/mol. The highest BCUT2D eigenvalue weighted by molar-refractivity contribution is 5.62. The molecule has 13 heteroatoms. The van der Waals surface area contributed by atoms with Crippen LogP contribution in [0.3, 0.4) is 0 Å². The van der Waals surface area contributed by atoms with Crippen LogP contribution in [-0.4, -0.2) is 0 Å². The molecule has 42 heavy (non-hydrogen) atoms. The van der Waals surface area contributed by atoms with E-state index in [4.69, 9.17) is 0 Å². The van der Waals surface area contributed by atoms with Gasteiger partial charge in [-0.15, -0.1) is 0 Å². The van der Waals surface area contributed by atoms with Crippen molar-refractivity contribution in [1.82, 2.24) is 0 Å². The van der Waals surface area contributed by atoms with E-state index in [-0.39, 0.29) is 24.3 Å². The lowest BCUT2D eigenvalue weighted by molar-refractivity contribution is -0.189. The molecule has 1 aliphatic carbocycles. The van der Waals surface area contributed by atoms with Crippen molar-refractivity contribution < 1.29 is 57.8 Å². The van der Waals surface area contributed by atoms with Crippen molar-refractivity contribution in [2.24, 2.45) is 11.8 Å². The molecule has 0 atom stereocenters. The van der Waals surface area contributed by atoms with E-state index in [9.17, 15) is 48.3 Å². The predicted molar refractivity (Wildman–Crippen MR) is 132 cm³/mol. The van der Waals surface area contributed by atoms with Crippen LogP contribution in [0.4, 0.5) is 48.3 Å². The average molecular weight is 617 g/mol. The minimum Gasteiger partial charge on any atom is -0.429 e. The maximum absolute atomic E-state index is 14.9. The van der Waals surface area contributed by atoms with Gasteiger partial charge in [0.25, 0.3) is 0 Å². The first-order valence-electron chi connectivity index (χ1n) is 13.2. The van der Waals surface area contributed by atoms with Crippen molar-refractivity contribution in [2.75, 3.05) is 0 Å². The Labute approximate surface area is 234 Å². The predicted octanol–water partition coefficient (Wildman–Crippen LogP) is 11.2. The summed E-state index contributed by atoms with van der Waals surface area (Å²) in [6, 6.07) is -2.50. The molecule has 2 nitrogen and oxygen atoms in total. The van der Waals surface area contributed by atoms with Crippen LogP contribution < -0.4 is 9.47 Å². The zero-order chi connectivity index (χ0) is 31.2. The lowest BCUT2D eigenvalue weighted by atomic mass is 9.79. The van der Waals surface area contributed by atoms with E-state index in [1.165, 1.54) is 0 Å². The molecular weight excluding hydrogens is 589 g/mol. The second kappa shape index (κ2) is 14.3. The van der Waals surface area contributed by atoms with Gasteiger partial charge in [0.05, 0.1) is 0 Å². The van der Waals surface area contributed by atoms with E-state index in [2.05, 4.69) is 16.4 Å². The third-order valence-corrected chi connectivity index (χ3v) is 7.03. The van der Waals surface area contributed by atoms with Gasteiger partial charge in [-0.25, -0.2) is 26.3 Å². The van der Waals surface area contributed by atoms with Gasteiger partial charge in [-0.2, -0.15) is 22.0 Å². The zero-order valence-electron chi connectivity index (χ0n) is 22.3. The second-order valence-corrected chi connectivity index (χ2v) is 10.0. The molecule has 0 N–H and O–H groups in total. The van der Waals surface area contributed by atoms with Gasteiger partial charge in [0.1, 0.15) is 28.8 Å². The fraction of sp³-hybridized carbons (Fsp3) is 0.448. The second-order valence-electron chi connectivity index (χ2n) is 10.0. The van der Waals surface area contributed by atoms with Crippen LogP contribution >= 0.6 is 0 Å². The number of rotatable bonds is 12. The number of allylic oxidation sites excluding steroid dienone is 1. The Morgan fingerprint density at radius 3 is 1.88 bits per heavy atom. The Kier molecular flexibility index (Phi) is 11.3. The summed E-state index contributed by atoms with van der Waals surface area (Å²) in [6.45, 7) is 2.09. The fourth-order valence-corrected chi connectivity index (χ4v) is 4.88. The first kappa shape index (κ1) is 33.3. The molecular formula is C29H27F11O2. The minimum absolute atomic E-state index is 0.0440. The molecule has 0 bridgehead atoms. The summed E-state index contributed by atoms with van der Waals surface area (Å²) in [5.41, 5.74) is -3.06. The third kappa shape index (κ3) is 8.19. The van der Waals surface area contributed by atoms with Crippen molar-refractivity contribution in [1.29, 1.82) is 0 Å². The molecule has 0 amide bonds. The van der Waals surface area contributed by atoms with Gasteiger partial charge < -0.3 is 9.47 Å². The van der Waals surface area contributed by atoms with Crippen LogP contribution in [0.25, 0.3) is 5.83 Å². The minimum atomic E-state index is -4.96. The fourth-order valence-electron chi connectivity index (χ4n) is 4.88. The number of benzene rings is 2. The van der Waals surface area contributed by atoms with E-state index in [0.717, 1.165) is 32.1 Å². The zero-order valence-corrected chi connectivity index (χ0v) is 22.3. The van der Waals surface area contributed by atoms with Crippen molar-refractivity contribution >= 4 is 5.83 Å². The summed E-state index contributed by atoms with van der Waals surface area (Å²) in [4.78, 5) is 0. The molecule has 0 radical (unpaired) electrons. The number of unbranched alkanes of at least 4 members (excludes halogenated alkanes) is 3. The summed E-state index contributed by atoms with van der Waals surface area (Å²) in [5, 5.41) is 0. The molecule has 2 aromatic carbocycles. The molecule has 1 saturated carbocycles. The third-order valence-electron chi connectivity index (χ3n) is 7.03. The summed E-state index contributed by atoms with van der Waals surface area (Å²) >= 11 is 0. The molecule has 3 rings (SSSR count). The molecule has 1 aliphatic rings. The molecule has 0 aromatic heterocycles. The quantitative estimate of drug-likeness (QED) is 0.134. The SMILES string of the molecule is CCCCCCC1CCC(C(F)=C(F)c2cc(F)c(C(F)(F)Oc3cc(F)c(OC(F)=C(F)F)c(F)c3)c(F)c2)CC1. The summed E-state index contributed by atoms with van der Waals surface area (Å²) in [7, 11) is 0. The smallest absolute Gasteiger partial charge is 0.429 e. The highest BCUT2D eigenvalue weighted by Crippen LogP contribution is 2.42. The maximum Gasteiger partial charge on any atom is 0.432 e. The summed E-state index contributed by atoms with van der Waals surface area (Å²) in [5.74, 6) is -14.5. The van der Waals surface area contributed by atoms with Gasteiger partial charge in [0, 0.05) is 23.6 Å². The standard InChI is InChI=1S/C29H27F11O2/c1-2-3-4-5-6-15-7-9-16(10-8-15)24(34)25(35)17-11-19(30)23(20(31)12-17)29(39,40)42-18-13-21(32)26(22(33)14-18)41-28(38)27(36)37/h11-16H,2-10H2,1H3. The molecule has 0 unspecified atom stereocenters. The van der Waals surface area contributed by atoms with Crippen LogP contribution in [0.5, 0.6) is 11.5 Å². The lowest BCUT2D eigenvalue weighted by Gasteiger charge is -2.28. The lowest BCUT2D eigenvalue weighted by Crippen LogP contribution is -2.25. The highest BCUT2D eigenvalue weighted by atomic mass is 19.3. The summed E-state index contributed by atoms with van der Waals surface area (Å²) < 4.78 is 161. The van der Waals surface area contributed by atoms with E-state index in [0.29, 0.717) is 31.6 Å². The van der Waals surface area contributed by atoms with Gasteiger partial charge in [-0.05, 0) is 43.7 Å². The highest BCUT2D eigenvalue weighted by Gasteiger charge is 2.42. The molecule has 0 saturated heterocycles. The molecule has 232 valence electrons. The maximum atomic E-state index is 14.9. The van der Waals surface area contributed by atoms with Crippen molar-refractivity contribution in [3.63, 3.8) is 0 Å². The number of halogens is 11. The van der Waals surface area contributed by atoms with E-state index >= 15 is 0 Å². The first-order valence-corrected chi connectivity index (χ1v) is 13.2. The van der Waals surface area contributed by atoms with Crippen LogP contribution in [0.1, 0.15) is 75.8 Å². The Morgan fingerprint density at radius 2 is 1.36 bits per heavy atom. The molecule has 0 spiro atoms. The summed E-state index contributed by atoms with van der Waals surface area (Å²) in [6.07, 6.45) is -0.788. The van der Waals surface area contributed by atoms with E-state index < -0.39 is 81.7 Å². The van der Waals surface area contributed by atoms with Crippen LogP contribution in [0.2, 0.25) is 0 Å². The molecule has 0 heterocycles. The largest absolute Gasteiger partial charge is 0.432 e. The van der Waals surface area contributed by atoms with Crippen molar-refractivity contribution in [3.8, 4) is 11.5 Å². The van der Waals surface area contributed by atoms with E-state index in [1.54, 1.807) is 0 Å². The van der Waals surface area contributed by atoms with Gasteiger partial charge in [-0.3, -0.25) is 0 Å². The first-order chi connectivity index (χ1) is 19.7. The number of hydrogen-bond donors (Lipinski definition) is 0. The topological polar surface area (TPSA) is 18.5 Å². The molecule has 1 fully saturated rings. The van der Waals surface area contributed by atoms with Gasteiger partial charge in [-0.1, -0.05) is 39.0 Å². The van der Waals surface area contributed by atoms with Crippen molar-refractivity contribution in [2.45, 2.75) is 70.8 Å². The normalized spacial score (nSPS) is 18.0. The molecule has 2 aromatic rings. The van der Waals surface area contributed by atoms with Crippen LogP contribution in [0.15, 0.2) is 42.2 Å². The number of alkyl halides is 2. The van der Waals surface area contributed by atoms with Gasteiger partial charge in [0.15, 0.2) is 17.5 Å². The Bertz CT molecular complexity index is 1260. The number of ether oxygens (including phenoxy) is 2. The van der Waals surface area contributed by atoms with Crippen LogP contribution in [-0.2, 0) is 6.11 Å². The van der Waals surface area contributed by atoms with E-state index in [1.807, 2.05) is 0 Å². The van der Waals surface area contributed by atoms with Gasteiger partial charge >= 0.3 is 18.2 Å².